The number of carbonyl (C=O) groups excluding carboxylic acids is 3. The lowest BCUT2D eigenvalue weighted by atomic mass is 10.2. The van der Waals surface area contributed by atoms with Gasteiger partial charge in [-0.2, -0.15) is 0 Å². The Bertz CT molecular complexity index is 890. The molecule has 0 aliphatic carbocycles. The second kappa shape index (κ2) is 9.45. The van der Waals surface area contributed by atoms with E-state index in [0.29, 0.717) is 10.0 Å². The third kappa shape index (κ3) is 6.32. The summed E-state index contributed by atoms with van der Waals surface area (Å²) < 4.78 is 0. The van der Waals surface area contributed by atoms with Crippen molar-refractivity contribution in [2.45, 2.75) is 0 Å². The Labute approximate surface area is 169 Å². The van der Waals surface area contributed by atoms with Crippen LogP contribution in [0.3, 0.4) is 0 Å². The topological polar surface area (TPSA) is 108 Å². The van der Waals surface area contributed by atoms with E-state index in [-0.39, 0.29) is 35.1 Å². The maximum absolute atomic E-state index is 12.0. The second-order valence-corrected chi connectivity index (χ2v) is 6.57. The van der Waals surface area contributed by atoms with E-state index in [1.54, 1.807) is 0 Å². The van der Waals surface area contributed by atoms with Gasteiger partial charge in [0.1, 0.15) is 5.75 Å². The Morgan fingerprint density at radius 2 is 1.48 bits per heavy atom. The van der Waals surface area contributed by atoms with Crippen LogP contribution in [0.15, 0.2) is 36.4 Å². The lowest BCUT2D eigenvalue weighted by Gasteiger charge is -2.10. The van der Waals surface area contributed by atoms with Crippen molar-refractivity contribution in [3.8, 4) is 5.75 Å². The smallest absolute Gasteiger partial charge is 0.253 e. The summed E-state index contributed by atoms with van der Waals surface area (Å²) in [4.78, 5) is 35.6. The Kier molecular flexibility index (Phi) is 7.29. The second-order valence-electron chi connectivity index (χ2n) is 5.29. The van der Waals surface area contributed by atoms with Crippen molar-refractivity contribution < 1.29 is 19.5 Å². The molecule has 7 nitrogen and oxygen atoms in total. The Balaban J connectivity index is 1.79. The highest BCUT2D eigenvalue weighted by Gasteiger charge is 2.13. The van der Waals surface area contributed by atoms with Gasteiger partial charge in [0.05, 0.1) is 29.4 Å². The number of benzene rings is 2. The van der Waals surface area contributed by atoms with E-state index < -0.39 is 17.7 Å². The number of halogens is 3. The predicted octanol–water partition coefficient (Wildman–Crippen LogP) is 2.84. The van der Waals surface area contributed by atoms with Gasteiger partial charge in [-0.15, -0.1) is 0 Å². The zero-order valence-corrected chi connectivity index (χ0v) is 16.0. The van der Waals surface area contributed by atoms with Gasteiger partial charge >= 0.3 is 0 Å². The minimum Gasteiger partial charge on any atom is -0.506 e. The van der Waals surface area contributed by atoms with E-state index in [2.05, 4.69) is 16.0 Å². The van der Waals surface area contributed by atoms with Gasteiger partial charge in [0.25, 0.3) is 5.91 Å². The molecular weight excluding hydrogens is 417 g/mol. The van der Waals surface area contributed by atoms with E-state index in [1.807, 2.05) is 0 Å². The van der Waals surface area contributed by atoms with Gasteiger partial charge in [-0.3, -0.25) is 14.4 Å². The Hall–Kier alpha value is -2.48. The zero-order valence-electron chi connectivity index (χ0n) is 13.7. The fourth-order valence-corrected chi connectivity index (χ4v) is 2.64. The third-order valence-electron chi connectivity index (χ3n) is 3.26. The summed E-state index contributed by atoms with van der Waals surface area (Å²) in [5.74, 6) is -1.88. The summed E-state index contributed by atoms with van der Waals surface area (Å²) in [7, 11) is 0. The predicted molar refractivity (Wildman–Crippen MR) is 104 cm³/mol. The van der Waals surface area contributed by atoms with Crippen molar-refractivity contribution in [3.05, 3.63) is 57.0 Å². The van der Waals surface area contributed by atoms with E-state index in [0.717, 1.165) is 0 Å². The minimum atomic E-state index is -0.584. The number of aromatic hydroxyl groups is 1. The number of rotatable bonds is 6. The van der Waals surface area contributed by atoms with Crippen LogP contribution in [0.25, 0.3) is 0 Å². The highest BCUT2D eigenvalue weighted by molar-refractivity contribution is 6.36. The highest BCUT2D eigenvalue weighted by Crippen LogP contribution is 2.26. The van der Waals surface area contributed by atoms with Gasteiger partial charge in [-0.1, -0.05) is 34.8 Å². The standard InChI is InChI=1S/C17H14Cl3N3O4/c18-9-1-3-11(12(20)5-9)17(27)22-7-15(25)21-8-16(26)23-13-6-10(19)2-4-14(13)24/h1-6,24H,7-8H2,(H,21,25)(H,22,27)(H,23,26). The lowest BCUT2D eigenvalue weighted by Crippen LogP contribution is -2.40. The molecule has 0 saturated heterocycles. The summed E-state index contributed by atoms with van der Waals surface area (Å²) in [6.07, 6.45) is 0. The fraction of sp³-hybridized carbons (Fsp3) is 0.118. The third-order valence-corrected chi connectivity index (χ3v) is 4.05. The average molecular weight is 431 g/mol. The minimum absolute atomic E-state index is 0.118. The maximum Gasteiger partial charge on any atom is 0.253 e. The van der Waals surface area contributed by atoms with E-state index in [4.69, 9.17) is 34.8 Å². The van der Waals surface area contributed by atoms with Crippen LogP contribution in [-0.4, -0.2) is 35.9 Å². The Morgan fingerprint density at radius 3 is 2.19 bits per heavy atom. The van der Waals surface area contributed by atoms with Crippen LogP contribution >= 0.6 is 34.8 Å². The molecule has 0 aliphatic heterocycles. The molecule has 0 unspecified atom stereocenters. The number of phenols is 1. The monoisotopic (exact) mass is 429 g/mol. The first-order valence-corrected chi connectivity index (χ1v) is 8.68. The molecule has 0 aliphatic rings. The van der Waals surface area contributed by atoms with Gasteiger partial charge in [0.2, 0.25) is 11.8 Å². The molecule has 0 spiro atoms. The number of hydrogen-bond donors (Lipinski definition) is 4. The van der Waals surface area contributed by atoms with Crippen LogP contribution in [0, 0.1) is 0 Å². The van der Waals surface area contributed by atoms with Crippen molar-refractivity contribution in [3.63, 3.8) is 0 Å². The summed E-state index contributed by atoms with van der Waals surface area (Å²) in [6.45, 7) is -0.712. The van der Waals surface area contributed by atoms with Crippen LogP contribution in [0.4, 0.5) is 5.69 Å². The van der Waals surface area contributed by atoms with Crippen LogP contribution < -0.4 is 16.0 Å². The molecule has 0 saturated carbocycles. The molecular formula is C17H14Cl3N3O4. The van der Waals surface area contributed by atoms with Crippen LogP contribution in [-0.2, 0) is 9.59 Å². The normalized spacial score (nSPS) is 10.2. The van der Waals surface area contributed by atoms with Crippen molar-refractivity contribution >= 4 is 58.2 Å². The summed E-state index contributed by atoms with van der Waals surface area (Å²) in [5.41, 5.74) is 0.287. The lowest BCUT2D eigenvalue weighted by molar-refractivity contribution is -0.123. The molecule has 0 aromatic heterocycles. The molecule has 4 N–H and O–H groups in total. The molecule has 10 heteroatoms. The molecule has 3 amide bonds. The van der Waals surface area contributed by atoms with E-state index in [9.17, 15) is 19.5 Å². The first-order chi connectivity index (χ1) is 12.8. The first-order valence-electron chi connectivity index (χ1n) is 7.54. The fourth-order valence-electron chi connectivity index (χ4n) is 1.97. The van der Waals surface area contributed by atoms with Gasteiger partial charge < -0.3 is 21.1 Å². The molecule has 0 fully saturated rings. The number of amides is 3. The van der Waals surface area contributed by atoms with Crippen molar-refractivity contribution in [1.82, 2.24) is 10.6 Å². The molecule has 0 heterocycles. The molecule has 2 rings (SSSR count). The quantitative estimate of drug-likeness (QED) is 0.529. The molecule has 2 aromatic carbocycles. The summed E-state index contributed by atoms with van der Waals surface area (Å²) in [6, 6.07) is 8.50. The highest BCUT2D eigenvalue weighted by atomic mass is 35.5. The summed E-state index contributed by atoms with van der Waals surface area (Å²) in [5, 5.41) is 17.6. The van der Waals surface area contributed by atoms with Gasteiger partial charge in [0.15, 0.2) is 0 Å². The van der Waals surface area contributed by atoms with Crippen LogP contribution in [0.1, 0.15) is 10.4 Å². The van der Waals surface area contributed by atoms with Gasteiger partial charge in [-0.05, 0) is 36.4 Å². The van der Waals surface area contributed by atoms with Crippen molar-refractivity contribution in [2.24, 2.45) is 0 Å². The van der Waals surface area contributed by atoms with Gasteiger partial charge in [0, 0.05) is 10.0 Å². The van der Waals surface area contributed by atoms with Gasteiger partial charge in [-0.25, -0.2) is 0 Å². The molecule has 142 valence electrons. The average Bonchev–Trinajstić information content (AvgIpc) is 2.61. The largest absolute Gasteiger partial charge is 0.506 e. The number of carbonyl (C=O) groups is 3. The maximum atomic E-state index is 12.0. The van der Waals surface area contributed by atoms with E-state index in [1.165, 1.54) is 36.4 Å². The van der Waals surface area contributed by atoms with E-state index >= 15 is 0 Å². The number of nitrogens with one attached hydrogen (secondary N) is 3. The van der Waals surface area contributed by atoms with Crippen molar-refractivity contribution in [2.75, 3.05) is 18.4 Å². The number of anilines is 1. The number of hydrogen-bond acceptors (Lipinski definition) is 4. The molecule has 0 radical (unpaired) electrons. The number of phenolic OH excluding ortho intramolecular Hbond substituents is 1. The molecule has 0 bridgehead atoms. The van der Waals surface area contributed by atoms with Crippen LogP contribution in [0.5, 0.6) is 5.75 Å². The summed E-state index contributed by atoms with van der Waals surface area (Å²) >= 11 is 17.4. The first kappa shape index (κ1) is 20.8. The molecule has 27 heavy (non-hydrogen) atoms. The Morgan fingerprint density at radius 1 is 0.852 bits per heavy atom. The SMILES string of the molecule is O=C(CNC(=O)c1ccc(Cl)cc1Cl)NCC(=O)Nc1cc(Cl)ccc1O. The molecule has 2 aromatic rings. The molecule has 0 atom stereocenters. The van der Waals surface area contributed by atoms with Crippen molar-refractivity contribution in [1.29, 1.82) is 0 Å². The zero-order chi connectivity index (χ0) is 20.0. The van der Waals surface area contributed by atoms with Crippen LogP contribution in [0.2, 0.25) is 15.1 Å².